The first kappa shape index (κ1) is 16.9. The van der Waals surface area contributed by atoms with E-state index in [0.29, 0.717) is 36.1 Å². The third kappa shape index (κ3) is 3.27. The summed E-state index contributed by atoms with van der Waals surface area (Å²) in [6.45, 7) is 0.460. The van der Waals surface area contributed by atoms with Crippen molar-refractivity contribution >= 4 is 29.1 Å². The lowest BCUT2D eigenvalue weighted by Crippen LogP contribution is -2.50. The molecule has 2 bridgehead atoms. The minimum Gasteiger partial charge on any atom is -0.342 e. The molecule has 3 heterocycles. The van der Waals surface area contributed by atoms with Gasteiger partial charge < -0.3 is 15.1 Å². The van der Waals surface area contributed by atoms with Gasteiger partial charge in [-0.1, -0.05) is 11.6 Å². The summed E-state index contributed by atoms with van der Waals surface area (Å²) in [6, 6.07) is 8.62. The minimum atomic E-state index is -0.249. The highest BCUT2D eigenvalue weighted by molar-refractivity contribution is 6.30. The smallest absolute Gasteiger partial charge is 0.228 e. The Morgan fingerprint density at radius 1 is 1.20 bits per heavy atom. The molecule has 3 aliphatic rings. The van der Waals surface area contributed by atoms with Crippen molar-refractivity contribution in [3.05, 3.63) is 29.3 Å². The number of carbonyl (C=O) groups is 2. The molecule has 2 amide bonds. The van der Waals surface area contributed by atoms with Crippen LogP contribution in [0.2, 0.25) is 5.02 Å². The largest absolute Gasteiger partial charge is 0.342 e. The zero-order chi connectivity index (χ0) is 17.6. The molecule has 4 rings (SSSR count). The van der Waals surface area contributed by atoms with Crippen LogP contribution in [0.3, 0.4) is 0 Å². The summed E-state index contributed by atoms with van der Waals surface area (Å²) in [5.41, 5.74) is 0.812. The molecule has 3 aliphatic heterocycles. The van der Waals surface area contributed by atoms with Gasteiger partial charge in [0.1, 0.15) is 0 Å². The lowest BCUT2D eigenvalue weighted by atomic mass is 9.97. The number of benzene rings is 1. The number of anilines is 1. The third-order valence-corrected chi connectivity index (χ3v) is 6.21. The molecule has 0 radical (unpaired) electrons. The van der Waals surface area contributed by atoms with E-state index in [1.54, 1.807) is 17.0 Å². The molecule has 0 saturated carbocycles. The van der Waals surface area contributed by atoms with Crippen LogP contribution in [0.25, 0.3) is 0 Å². The Morgan fingerprint density at radius 2 is 1.84 bits per heavy atom. The van der Waals surface area contributed by atoms with Crippen LogP contribution in [-0.4, -0.2) is 48.4 Å². The average molecular weight is 362 g/mol. The molecule has 3 saturated heterocycles. The molecule has 1 aromatic carbocycles. The van der Waals surface area contributed by atoms with Crippen LogP contribution in [0, 0.1) is 5.92 Å². The summed E-state index contributed by atoms with van der Waals surface area (Å²) in [6.07, 6.45) is 4.79. The van der Waals surface area contributed by atoms with Crippen LogP contribution < -0.4 is 10.2 Å². The fourth-order valence-electron chi connectivity index (χ4n) is 4.55. The van der Waals surface area contributed by atoms with Crippen molar-refractivity contribution in [1.29, 1.82) is 0 Å². The van der Waals surface area contributed by atoms with Gasteiger partial charge in [-0.25, -0.2) is 0 Å². The molecular formula is C19H24ClN3O2. The third-order valence-electron chi connectivity index (χ3n) is 5.96. The number of piperidine rings is 1. The molecular weight excluding hydrogens is 338 g/mol. The van der Waals surface area contributed by atoms with Crippen LogP contribution in [0.1, 0.15) is 32.1 Å². The Bertz CT molecular complexity index is 666. The van der Waals surface area contributed by atoms with Crippen LogP contribution in [-0.2, 0) is 9.59 Å². The number of hydrogen-bond donors (Lipinski definition) is 1. The van der Waals surface area contributed by atoms with Crippen LogP contribution >= 0.6 is 11.6 Å². The van der Waals surface area contributed by atoms with Gasteiger partial charge in [-0.05, 0) is 49.9 Å². The molecule has 0 spiro atoms. The van der Waals surface area contributed by atoms with Crippen molar-refractivity contribution in [1.82, 2.24) is 10.2 Å². The number of fused-ring (bicyclic) bond motifs is 2. The number of nitrogens with one attached hydrogen (secondary N) is 1. The van der Waals surface area contributed by atoms with Gasteiger partial charge in [0.15, 0.2) is 0 Å². The number of nitrogens with zero attached hydrogens (tertiary/aromatic N) is 2. The summed E-state index contributed by atoms with van der Waals surface area (Å²) >= 11 is 5.92. The maximum Gasteiger partial charge on any atom is 0.228 e. The number of rotatable bonds is 3. The minimum absolute atomic E-state index is 0.0134. The topological polar surface area (TPSA) is 52.7 Å². The van der Waals surface area contributed by atoms with Crippen LogP contribution in [0.5, 0.6) is 0 Å². The predicted molar refractivity (Wildman–Crippen MR) is 97.6 cm³/mol. The monoisotopic (exact) mass is 361 g/mol. The number of amides is 2. The summed E-state index contributed by atoms with van der Waals surface area (Å²) in [7, 11) is 1.91. The van der Waals surface area contributed by atoms with Crippen molar-refractivity contribution in [2.75, 3.05) is 18.5 Å². The molecule has 25 heavy (non-hydrogen) atoms. The van der Waals surface area contributed by atoms with Crippen molar-refractivity contribution in [3.63, 3.8) is 0 Å². The molecule has 3 atom stereocenters. The van der Waals surface area contributed by atoms with Crippen LogP contribution in [0.4, 0.5) is 5.69 Å². The number of carbonyl (C=O) groups excluding carboxylic acids is 2. The standard InChI is InChI=1S/C19H24ClN3O2/c1-22(17-9-14-4-5-15(10-17)21-14)19(25)12-8-18(24)23(11-12)16-6-2-13(20)3-7-16/h2-3,6-7,12,14-15,17,21H,4-5,8-11H2,1H3. The van der Waals surface area contributed by atoms with E-state index >= 15 is 0 Å². The lowest BCUT2D eigenvalue weighted by molar-refractivity contribution is -0.137. The first-order valence-corrected chi connectivity index (χ1v) is 9.47. The van der Waals surface area contributed by atoms with E-state index in [4.69, 9.17) is 11.6 Å². The predicted octanol–water partition coefficient (Wildman–Crippen LogP) is 2.43. The zero-order valence-corrected chi connectivity index (χ0v) is 15.2. The number of halogens is 1. The summed E-state index contributed by atoms with van der Waals surface area (Å²) < 4.78 is 0. The van der Waals surface area contributed by atoms with E-state index in [9.17, 15) is 9.59 Å². The van der Waals surface area contributed by atoms with E-state index in [1.165, 1.54) is 12.8 Å². The van der Waals surface area contributed by atoms with E-state index in [1.807, 2.05) is 24.1 Å². The van der Waals surface area contributed by atoms with Gasteiger partial charge in [0.25, 0.3) is 0 Å². The Hall–Kier alpha value is -1.59. The summed E-state index contributed by atoms with van der Waals surface area (Å²) in [4.78, 5) is 29.0. The Kier molecular flexibility index (Phi) is 4.46. The number of hydrogen-bond acceptors (Lipinski definition) is 3. The maximum atomic E-state index is 13.0. The Balaban J connectivity index is 1.42. The molecule has 3 unspecified atom stereocenters. The summed E-state index contributed by atoms with van der Waals surface area (Å²) in [5, 5.41) is 4.25. The second kappa shape index (κ2) is 6.61. The van der Waals surface area contributed by atoms with Gasteiger partial charge in [0.2, 0.25) is 11.8 Å². The fraction of sp³-hybridized carbons (Fsp3) is 0.579. The van der Waals surface area contributed by atoms with E-state index in [2.05, 4.69) is 5.32 Å². The molecule has 3 fully saturated rings. The van der Waals surface area contributed by atoms with E-state index in [-0.39, 0.29) is 17.7 Å². The molecule has 0 aliphatic carbocycles. The fourth-order valence-corrected chi connectivity index (χ4v) is 4.68. The van der Waals surface area contributed by atoms with Crippen molar-refractivity contribution in [2.24, 2.45) is 5.92 Å². The molecule has 1 N–H and O–H groups in total. The SMILES string of the molecule is CN(C(=O)C1CC(=O)N(c2ccc(Cl)cc2)C1)C1CC2CCC(C1)N2. The quantitative estimate of drug-likeness (QED) is 0.899. The van der Waals surface area contributed by atoms with E-state index < -0.39 is 0 Å². The lowest BCUT2D eigenvalue weighted by Gasteiger charge is -2.36. The van der Waals surface area contributed by atoms with Crippen molar-refractivity contribution < 1.29 is 9.59 Å². The van der Waals surface area contributed by atoms with Gasteiger partial charge >= 0.3 is 0 Å². The maximum absolute atomic E-state index is 13.0. The van der Waals surface area contributed by atoms with Gasteiger partial charge in [0.05, 0.1) is 5.92 Å². The zero-order valence-electron chi connectivity index (χ0n) is 14.5. The summed E-state index contributed by atoms with van der Waals surface area (Å²) in [5.74, 6) is -0.128. The van der Waals surface area contributed by atoms with Crippen molar-refractivity contribution in [3.8, 4) is 0 Å². The average Bonchev–Trinajstić information content (AvgIpc) is 3.16. The highest BCUT2D eigenvalue weighted by atomic mass is 35.5. The second-order valence-corrected chi connectivity index (χ2v) is 8.03. The normalized spacial score (nSPS) is 31.4. The molecule has 0 aromatic heterocycles. The van der Waals surface area contributed by atoms with Crippen LogP contribution in [0.15, 0.2) is 24.3 Å². The first-order chi connectivity index (χ1) is 12.0. The molecule has 1 aromatic rings. The molecule has 6 heteroatoms. The highest BCUT2D eigenvalue weighted by Gasteiger charge is 2.41. The van der Waals surface area contributed by atoms with Gasteiger partial charge in [-0.3, -0.25) is 9.59 Å². The van der Waals surface area contributed by atoms with Gasteiger partial charge in [0, 0.05) is 48.8 Å². The second-order valence-electron chi connectivity index (χ2n) is 7.59. The van der Waals surface area contributed by atoms with E-state index in [0.717, 1.165) is 18.5 Å². The van der Waals surface area contributed by atoms with Gasteiger partial charge in [-0.2, -0.15) is 0 Å². The Labute approximate surface area is 153 Å². The molecule has 5 nitrogen and oxygen atoms in total. The first-order valence-electron chi connectivity index (χ1n) is 9.10. The molecule has 134 valence electrons. The van der Waals surface area contributed by atoms with Gasteiger partial charge in [-0.15, -0.1) is 0 Å². The Morgan fingerprint density at radius 3 is 2.48 bits per heavy atom. The highest BCUT2D eigenvalue weighted by Crippen LogP contribution is 2.32. The van der Waals surface area contributed by atoms with Crippen molar-refractivity contribution in [2.45, 2.75) is 50.2 Å².